The first-order valence-electron chi connectivity index (χ1n) is 6.68. The Labute approximate surface area is 124 Å². The van der Waals surface area contributed by atoms with Crippen LogP contribution in [0.3, 0.4) is 0 Å². The highest BCUT2D eigenvalue weighted by molar-refractivity contribution is 5.86. The van der Waals surface area contributed by atoms with Gasteiger partial charge in [0.2, 0.25) is 5.82 Å². The van der Waals surface area contributed by atoms with Gasteiger partial charge in [-0.25, -0.2) is 4.39 Å². The monoisotopic (exact) mass is 316 g/mol. The van der Waals surface area contributed by atoms with Crippen molar-refractivity contribution in [3.05, 3.63) is 39.9 Å². The number of nitrogens with zero attached hydrogens (tertiary/aromatic N) is 2. The maximum atomic E-state index is 13.8. The number of halogens is 4. The molecule has 0 spiro atoms. The standard InChI is InChI=1S/C15H16F4N2O/c1-8(2)20(3)9-5-6-10-11(7-9)21(4)14(22)13(16)12(10)15(17,18)19/h5-8H,1-4H3. The molecule has 0 aliphatic carbocycles. The van der Waals surface area contributed by atoms with Crippen LogP contribution in [0.15, 0.2) is 23.0 Å². The summed E-state index contributed by atoms with van der Waals surface area (Å²) in [5.74, 6) is -1.77. The van der Waals surface area contributed by atoms with Gasteiger partial charge >= 0.3 is 6.18 Å². The van der Waals surface area contributed by atoms with Crippen molar-refractivity contribution in [2.75, 3.05) is 11.9 Å². The number of aromatic nitrogens is 1. The highest BCUT2D eigenvalue weighted by atomic mass is 19.4. The van der Waals surface area contributed by atoms with Crippen LogP contribution < -0.4 is 10.5 Å². The number of hydrogen-bond donors (Lipinski definition) is 0. The molecule has 120 valence electrons. The molecule has 1 aromatic heterocycles. The maximum Gasteiger partial charge on any atom is 0.420 e. The zero-order chi connectivity index (χ0) is 16.8. The lowest BCUT2D eigenvalue weighted by atomic mass is 10.1. The van der Waals surface area contributed by atoms with E-state index in [1.165, 1.54) is 25.2 Å². The fraction of sp³-hybridized carbons (Fsp3) is 0.400. The molecule has 0 saturated heterocycles. The number of benzene rings is 1. The average molecular weight is 316 g/mol. The van der Waals surface area contributed by atoms with Crippen molar-refractivity contribution in [2.45, 2.75) is 26.1 Å². The van der Waals surface area contributed by atoms with E-state index in [1.807, 2.05) is 18.7 Å². The predicted molar refractivity (Wildman–Crippen MR) is 77.7 cm³/mol. The normalized spacial score (nSPS) is 12.2. The Hall–Kier alpha value is -2.05. The Morgan fingerprint density at radius 2 is 1.82 bits per heavy atom. The van der Waals surface area contributed by atoms with Gasteiger partial charge in [-0.1, -0.05) is 6.07 Å². The van der Waals surface area contributed by atoms with E-state index < -0.39 is 23.1 Å². The van der Waals surface area contributed by atoms with Crippen molar-refractivity contribution < 1.29 is 17.6 Å². The van der Waals surface area contributed by atoms with Gasteiger partial charge in [0.05, 0.1) is 5.52 Å². The number of fused-ring (bicyclic) bond motifs is 1. The van der Waals surface area contributed by atoms with Gasteiger partial charge in [-0.2, -0.15) is 13.2 Å². The molecule has 0 amide bonds. The van der Waals surface area contributed by atoms with E-state index in [4.69, 9.17) is 0 Å². The summed E-state index contributed by atoms with van der Waals surface area (Å²) < 4.78 is 53.9. The number of hydrogen-bond acceptors (Lipinski definition) is 2. The molecule has 0 fully saturated rings. The molecule has 0 atom stereocenters. The number of rotatable bonds is 2. The third kappa shape index (κ3) is 2.55. The van der Waals surface area contributed by atoms with E-state index in [0.717, 1.165) is 4.57 Å². The van der Waals surface area contributed by atoms with Crippen LogP contribution in [0.2, 0.25) is 0 Å². The molecule has 2 aromatic rings. The van der Waals surface area contributed by atoms with Gasteiger partial charge < -0.3 is 9.47 Å². The molecule has 0 unspecified atom stereocenters. The van der Waals surface area contributed by atoms with Crippen LogP contribution in [0.4, 0.5) is 23.2 Å². The second-order valence-corrected chi connectivity index (χ2v) is 5.46. The number of anilines is 1. The summed E-state index contributed by atoms with van der Waals surface area (Å²) in [6.45, 7) is 3.85. The van der Waals surface area contributed by atoms with Crippen LogP contribution in [0.1, 0.15) is 19.4 Å². The molecular formula is C15H16F4N2O. The van der Waals surface area contributed by atoms with E-state index in [-0.39, 0.29) is 16.9 Å². The summed E-state index contributed by atoms with van der Waals surface area (Å²) in [6, 6.07) is 4.28. The summed E-state index contributed by atoms with van der Waals surface area (Å²) >= 11 is 0. The minimum atomic E-state index is -4.93. The quantitative estimate of drug-likeness (QED) is 0.792. The molecule has 0 N–H and O–H groups in total. The summed E-state index contributed by atoms with van der Waals surface area (Å²) in [7, 11) is 3.05. The minimum Gasteiger partial charge on any atom is -0.372 e. The summed E-state index contributed by atoms with van der Waals surface area (Å²) in [6.07, 6.45) is -4.93. The molecular weight excluding hydrogens is 300 g/mol. The van der Waals surface area contributed by atoms with Gasteiger partial charge in [0.15, 0.2) is 0 Å². The second-order valence-electron chi connectivity index (χ2n) is 5.46. The molecule has 2 rings (SSSR count). The molecule has 7 heteroatoms. The molecule has 3 nitrogen and oxygen atoms in total. The van der Waals surface area contributed by atoms with Crippen molar-refractivity contribution in [3.8, 4) is 0 Å². The van der Waals surface area contributed by atoms with Crippen LogP contribution >= 0.6 is 0 Å². The molecule has 0 aliphatic heterocycles. The number of alkyl halides is 3. The Morgan fingerprint density at radius 3 is 2.32 bits per heavy atom. The first kappa shape index (κ1) is 16.3. The molecule has 0 bridgehead atoms. The zero-order valence-corrected chi connectivity index (χ0v) is 12.6. The first-order chi connectivity index (χ1) is 10.1. The summed E-state index contributed by atoms with van der Waals surface area (Å²) in [5.41, 5.74) is -2.10. The predicted octanol–water partition coefficient (Wildman–Crippen LogP) is 3.54. The zero-order valence-electron chi connectivity index (χ0n) is 12.6. The van der Waals surface area contributed by atoms with Gasteiger partial charge in [-0.3, -0.25) is 4.79 Å². The average Bonchev–Trinajstić information content (AvgIpc) is 2.42. The summed E-state index contributed by atoms with van der Waals surface area (Å²) in [5, 5.41) is -0.326. The van der Waals surface area contributed by atoms with Gasteiger partial charge in [0.25, 0.3) is 5.56 Å². The van der Waals surface area contributed by atoms with Crippen LogP contribution in [0, 0.1) is 5.82 Å². The van der Waals surface area contributed by atoms with Crippen molar-refractivity contribution in [1.29, 1.82) is 0 Å². The molecule has 1 aromatic carbocycles. The molecule has 0 aliphatic rings. The van der Waals surface area contributed by atoms with Crippen molar-refractivity contribution >= 4 is 16.6 Å². The first-order valence-corrected chi connectivity index (χ1v) is 6.68. The second kappa shape index (κ2) is 5.30. The lowest BCUT2D eigenvalue weighted by Gasteiger charge is -2.25. The highest BCUT2D eigenvalue weighted by Crippen LogP contribution is 2.36. The molecule has 22 heavy (non-hydrogen) atoms. The fourth-order valence-electron chi connectivity index (χ4n) is 2.29. The highest BCUT2D eigenvalue weighted by Gasteiger charge is 2.38. The Kier molecular flexibility index (Phi) is 3.93. The number of aryl methyl sites for hydroxylation is 1. The SMILES string of the molecule is CC(C)N(C)c1ccc2c(C(F)(F)F)c(F)c(=O)n(C)c2c1. The summed E-state index contributed by atoms with van der Waals surface area (Å²) in [4.78, 5) is 13.6. The van der Waals surface area contributed by atoms with Crippen LogP contribution in [0.5, 0.6) is 0 Å². The lowest BCUT2D eigenvalue weighted by molar-refractivity contribution is -0.138. The van der Waals surface area contributed by atoms with Crippen molar-refractivity contribution in [2.24, 2.45) is 7.05 Å². The van der Waals surface area contributed by atoms with Crippen LogP contribution in [-0.2, 0) is 13.2 Å². The lowest BCUT2D eigenvalue weighted by Crippen LogP contribution is -2.28. The van der Waals surface area contributed by atoms with E-state index >= 15 is 0 Å². The van der Waals surface area contributed by atoms with Gasteiger partial charge in [-0.05, 0) is 26.0 Å². The topological polar surface area (TPSA) is 25.2 Å². The van der Waals surface area contributed by atoms with Gasteiger partial charge in [0.1, 0.15) is 5.56 Å². The van der Waals surface area contributed by atoms with Crippen LogP contribution in [-0.4, -0.2) is 17.7 Å². The third-order valence-electron chi connectivity index (χ3n) is 3.79. The third-order valence-corrected chi connectivity index (χ3v) is 3.79. The van der Waals surface area contributed by atoms with Gasteiger partial charge in [-0.15, -0.1) is 0 Å². The van der Waals surface area contributed by atoms with E-state index in [1.54, 1.807) is 7.05 Å². The Bertz CT molecular complexity index is 778. The molecule has 0 saturated carbocycles. The smallest absolute Gasteiger partial charge is 0.372 e. The Morgan fingerprint density at radius 1 is 1.23 bits per heavy atom. The largest absolute Gasteiger partial charge is 0.420 e. The van der Waals surface area contributed by atoms with Crippen molar-refractivity contribution in [3.63, 3.8) is 0 Å². The van der Waals surface area contributed by atoms with E-state index in [9.17, 15) is 22.4 Å². The van der Waals surface area contributed by atoms with E-state index in [2.05, 4.69) is 0 Å². The fourth-order valence-corrected chi connectivity index (χ4v) is 2.29. The minimum absolute atomic E-state index is 0.0451. The van der Waals surface area contributed by atoms with Crippen molar-refractivity contribution in [1.82, 2.24) is 4.57 Å². The van der Waals surface area contributed by atoms with E-state index in [0.29, 0.717) is 5.69 Å². The Balaban J connectivity index is 2.87. The molecule has 0 radical (unpaired) electrons. The molecule has 1 heterocycles. The maximum absolute atomic E-state index is 13.8. The number of pyridine rings is 1. The van der Waals surface area contributed by atoms with Crippen LogP contribution in [0.25, 0.3) is 10.9 Å². The van der Waals surface area contributed by atoms with Gasteiger partial charge in [0, 0.05) is 31.2 Å².